The lowest BCUT2D eigenvalue weighted by Gasteiger charge is -1.89. The molecule has 0 spiro atoms. The normalized spacial score (nSPS) is 10.0. The van der Waals surface area contributed by atoms with Crippen LogP contribution in [0.2, 0.25) is 0 Å². The predicted molar refractivity (Wildman–Crippen MR) is 44.3 cm³/mol. The Hall–Kier alpha value is 0.110. The maximum absolute atomic E-state index is 4.19. The summed E-state index contributed by atoms with van der Waals surface area (Å²) in [6, 6.07) is 0. The summed E-state index contributed by atoms with van der Waals surface area (Å²) in [6.45, 7) is 2.11. The average molecular weight is 206 g/mol. The predicted octanol–water partition coefficient (Wildman–Crippen LogP) is 2.39. The van der Waals surface area contributed by atoms with E-state index in [2.05, 4.69) is 27.8 Å². The first kappa shape index (κ1) is 7.22. The molecule has 0 N–H and O–H groups in total. The molecular formula is C6H8BrNS. The van der Waals surface area contributed by atoms with Gasteiger partial charge < -0.3 is 0 Å². The van der Waals surface area contributed by atoms with Gasteiger partial charge in [-0.25, -0.2) is 4.98 Å². The monoisotopic (exact) mass is 205 g/mol. The van der Waals surface area contributed by atoms with E-state index in [1.807, 2.05) is 5.51 Å². The van der Waals surface area contributed by atoms with Crippen LogP contribution in [0.15, 0.2) is 5.51 Å². The van der Waals surface area contributed by atoms with Gasteiger partial charge in [0.1, 0.15) is 0 Å². The molecule has 0 amide bonds. The SMILES string of the molecule is Cc1scnc1CCBr. The van der Waals surface area contributed by atoms with Crippen molar-refractivity contribution < 1.29 is 0 Å². The molecule has 0 aliphatic heterocycles. The lowest BCUT2D eigenvalue weighted by Crippen LogP contribution is -1.86. The van der Waals surface area contributed by atoms with Crippen LogP contribution in [0.4, 0.5) is 0 Å². The quantitative estimate of drug-likeness (QED) is 0.677. The molecule has 0 aliphatic rings. The topological polar surface area (TPSA) is 12.9 Å². The van der Waals surface area contributed by atoms with E-state index in [9.17, 15) is 0 Å². The van der Waals surface area contributed by atoms with Crippen LogP contribution in [0.3, 0.4) is 0 Å². The molecule has 0 aromatic carbocycles. The molecule has 50 valence electrons. The maximum atomic E-state index is 4.19. The number of hydrogen-bond donors (Lipinski definition) is 0. The molecule has 3 heteroatoms. The summed E-state index contributed by atoms with van der Waals surface area (Å²) in [6.07, 6.45) is 1.05. The summed E-state index contributed by atoms with van der Waals surface area (Å²) >= 11 is 5.08. The second-order valence-corrected chi connectivity index (χ2v) is 3.65. The first-order chi connectivity index (χ1) is 4.34. The van der Waals surface area contributed by atoms with Gasteiger partial charge >= 0.3 is 0 Å². The Bertz CT molecular complexity index is 185. The summed E-state index contributed by atoms with van der Waals surface area (Å²) in [5.41, 5.74) is 3.13. The molecule has 1 aromatic rings. The van der Waals surface area contributed by atoms with Crippen LogP contribution >= 0.6 is 27.3 Å². The largest absolute Gasteiger partial charge is 0.249 e. The zero-order chi connectivity index (χ0) is 6.69. The lowest BCUT2D eigenvalue weighted by atomic mass is 10.3. The Morgan fingerprint density at radius 2 is 2.56 bits per heavy atom. The second-order valence-electron chi connectivity index (χ2n) is 1.79. The van der Waals surface area contributed by atoms with Crippen LogP contribution in [0.5, 0.6) is 0 Å². The number of nitrogens with zero attached hydrogens (tertiary/aromatic N) is 1. The van der Waals surface area contributed by atoms with E-state index in [4.69, 9.17) is 0 Å². The minimum Gasteiger partial charge on any atom is -0.249 e. The highest BCUT2D eigenvalue weighted by atomic mass is 79.9. The molecule has 0 radical (unpaired) electrons. The van der Waals surface area contributed by atoms with Crippen molar-refractivity contribution in [2.75, 3.05) is 5.33 Å². The molecule has 1 rings (SSSR count). The number of aryl methyl sites for hydroxylation is 2. The lowest BCUT2D eigenvalue weighted by molar-refractivity contribution is 1.06. The number of halogens is 1. The third-order valence-corrected chi connectivity index (χ3v) is 2.37. The van der Waals surface area contributed by atoms with Crippen molar-refractivity contribution in [3.05, 3.63) is 16.1 Å². The van der Waals surface area contributed by atoms with Gasteiger partial charge in [0.05, 0.1) is 11.2 Å². The number of thiazole rings is 1. The fraction of sp³-hybridized carbons (Fsp3) is 0.500. The smallest absolute Gasteiger partial charge is 0.0797 e. The molecule has 0 unspecified atom stereocenters. The van der Waals surface area contributed by atoms with Crippen LogP contribution in [-0.2, 0) is 6.42 Å². The number of aromatic nitrogens is 1. The molecule has 1 heterocycles. The van der Waals surface area contributed by atoms with Gasteiger partial charge in [-0.15, -0.1) is 11.3 Å². The van der Waals surface area contributed by atoms with Crippen LogP contribution < -0.4 is 0 Å². The summed E-state index contributed by atoms with van der Waals surface area (Å²) in [7, 11) is 0. The molecule has 0 bridgehead atoms. The summed E-state index contributed by atoms with van der Waals surface area (Å²) in [5.74, 6) is 0. The number of alkyl halides is 1. The van der Waals surface area contributed by atoms with Gasteiger partial charge in [-0.1, -0.05) is 15.9 Å². The van der Waals surface area contributed by atoms with Gasteiger partial charge in [0.15, 0.2) is 0 Å². The summed E-state index contributed by atoms with van der Waals surface area (Å²) in [4.78, 5) is 5.54. The Morgan fingerprint density at radius 1 is 1.78 bits per heavy atom. The van der Waals surface area contributed by atoms with Gasteiger partial charge in [0, 0.05) is 16.6 Å². The molecule has 9 heavy (non-hydrogen) atoms. The first-order valence-electron chi connectivity index (χ1n) is 2.79. The minimum absolute atomic E-state index is 1.01. The van der Waals surface area contributed by atoms with E-state index < -0.39 is 0 Å². The van der Waals surface area contributed by atoms with Gasteiger partial charge in [0.25, 0.3) is 0 Å². The molecule has 0 fully saturated rings. The first-order valence-corrected chi connectivity index (χ1v) is 4.79. The van der Waals surface area contributed by atoms with E-state index in [0.29, 0.717) is 0 Å². The van der Waals surface area contributed by atoms with Crippen LogP contribution in [0.1, 0.15) is 10.6 Å². The molecule has 0 saturated carbocycles. The highest BCUT2D eigenvalue weighted by Gasteiger charge is 1.97. The maximum Gasteiger partial charge on any atom is 0.0797 e. The van der Waals surface area contributed by atoms with E-state index in [0.717, 1.165) is 11.8 Å². The molecule has 1 aromatic heterocycles. The zero-order valence-corrected chi connectivity index (χ0v) is 7.63. The van der Waals surface area contributed by atoms with Gasteiger partial charge in [-0.2, -0.15) is 0 Å². The summed E-state index contributed by atoms with van der Waals surface area (Å²) in [5, 5.41) is 1.01. The van der Waals surface area contributed by atoms with Crippen molar-refractivity contribution in [3.8, 4) is 0 Å². The van der Waals surface area contributed by atoms with Crippen molar-refractivity contribution in [1.29, 1.82) is 0 Å². The van der Waals surface area contributed by atoms with Gasteiger partial charge in [-0.05, 0) is 6.92 Å². The molecule has 0 aliphatic carbocycles. The zero-order valence-electron chi connectivity index (χ0n) is 5.22. The van der Waals surface area contributed by atoms with E-state index in [-0.39, 0.29) is 0 Å². The van der Waals surface area contributed by atoms with E-state index in [1.54, 1.807) is 11.3 Å². The van der Waals surface area contributed by atoms with Crippen molar-refractivity contribution in [2.45, 2.75) is 13.3 Å². The Kier molecular flexibility index (Phi) is 2.66. The number of rotatable bonds is 2. The van der Waals surface area contributed by atoms with Gasteiger partial charge in [-0.3, -0.25) is 0 Å². The third kappa shape index (κ3) is 1.76. The minimum atomic E-state index is 1.01. The molecule has 1 nitrogen and oxygen atoms in total. The standard InChI is InChI=1S/C6H8BrNS/c1-5-6(2-3-7)8-4-9-5/h4H,2-3H2,1H3. The second kappa shape index (κ2) is 3.32. The van der Waals surface area contributed by atoms with Crippen molar-refractivity contribution in [2.24, 2.45) is 0 Å². The molecular weight excluding hydrogens is 198 g/mol. The fourth-order valence-electron chi connectivity index (χ4n) is 0.658. The van der Waals surface area contributed by atoms with E-state index >= 15 is 0 Å². The van der Waals surface area contributed by atoms with E-state index in [1.165, 1.54) is 10.6 Å². The Balaban J connectivity index is 2.69. The van der Waals surface area contributed by atoms with Crippen molar-refractivity contribution >= 4 is 27.3 Å². The number of hydrogen-bond acceptors (Lipinski definition) is 2. The summed E-state index contributed by atoms with van der Waals surface area (Å²) < 4.78 is 0. The highest BCUT2D eigenvalue weighted by molar-refractivity contribution is 9.09. The Morgan fingerprint density at radius 3 is 3.00 bits per heavy atom. The molecule has 0 atom stereocenters. The molecule has 0 saturated heterocycles. The average Bonchev–Trinajstić information content (AvgIpc) is 2.18. The van der Waals surface area contributed by atoms with Crippen molar-refractivity contribution in [3.63, 3.8) is 0 Å². The van der Waals surface area contributed by atoms with Crippen molar-refractivity contribution in [1.82, 2.24) is 4.98 Å². The Labute approximate surface area is 67.3 Å². The van der Waals surface area contributed by atoms with Crippen LogP contribution in [0.25, 0.3) is 0 Å². The third-order valence-electron chi connectivity index (χ3n) is 1.18. The van der Waals surface area contributed by atoms with Gasteiger partial charge in [0.2, 0.25) is 0 Å². The van der Waals surface area contributed by atoms with Crippen LogP contribution in [-0.4, -0.2) is 10.3 Å². The fourth-order valence-corrected chi connectivity index (χ4v) is 1.66. The van der Waals surface area contributed by atoms with Crippen LogP contribution in [0, 0.1) is 6.92 Å². The highest BCUT2D eigenvalue weighted by Crippen LogP contribution is 2.11.